The number of anilines is 1. The van der Waals surface area contributed by atoms with E-state index >= 15 is 0 Å². The molecule has 8 nitrogen and oxygen atoms in total. The molecule has 4 rings (SSSR count). The van der Waals surface area contributed by atoms with E-state index in [9.17, 15) is 0 Å². The number of nitrogens with zero attached hydrogens (tertiary/aromatic N) is 6. The summed E-state index contributed by atoms with van der Waals surface area (Å²) in [6.45, 7) is 10.0. The molecule has 0 spiro atoms. The standard InChI is InChI=1S/C23H36N8.HI/c1-4-30-13-8-11-21(30)15-24-23(25-16-22-28-27-18(2)29(22)3)26-19-12-14-31(17-19)20-9-6-5-7-10-20;/h5-7,9-10,19,21H,4,8,11-17H2,1-3H3,(H2,24,25,26);1H. The number of likely N-dealkylation sites (N-methyl/N-ethyl adjacent to an activating group) is 1. The quantitative estimate of drug-likeness (QED) is 0.313. The first-order valence-corrected chi connectivity index (χ1v) is 11.6. The molecule has 2 N–H and O–H groups in total. The molecule has 2 saturated heterocycles. The first kappa shape index (κ1) is 24.8. The van der Waals surface area contributed by atoms with Crippen LogP contribution in [0.2, 0.25) is 0 Å². The van der Waals surface area contributed by atoms with Crippen LogP contribution in [0.15, 0.2) is 35.3 Å². The molecule has 2 atom stereocenters. The number of aryl methyl sites for hydroxylation is 1. The molecule has 2 fully saturated rings. The normalized spacial score (nSPS) is 21.6. The smallest absolute Gasteiger partial charge is 0.192 e. The monoisotopic (exact) mass is 552 g/mol. The van der Waals surface area contributed by atoms with Gasteiger partial charge in [0.25, 0.3) is 0 Å². The molecule has 0 saturated carbocycles. The lowest BCUT2D eigenvalue weighted by Gasteiger charge is -2.25. The van der Waals surface area contributed by atoms with Gasteiger partial charge < -0.3 is 20.1 Å². The van der Waals surface area contributed by atoms with Gasteiger partial charge in [-0.25, -0.2) is 4.99 Å². The molecule has 2 aliphatic rings. The fourth-order valence-electron chi connectivity index (χ4n) is 4.59. The highest BCUT2D eigenvalue weighted by molar-refractivity contribution is 14.0. The third-order valence-corrected chi connectivity index (χ3v) is 6.62. The molecule has 2 aromatic rings. The molecule has 1 aromatic carbocycles. The Bertz CT molecular complexity index is 868. The lowest BCUT2D eigenvalue weighted by Crippen LogP contribution is -2.48. The topological polar surface area (TPSA) is 73.6 Å². The second-order valence-electron chi connectivity index (χ2n) is 8.60. The van der Waals surface area contributed by atoms with Gasteiger partial charge in [-0.3, -0.25) is 4.90 Å². The average Bonchev–Trinajstić information content (AvgIpc) is 3.52. The third-order valence-electron chi connectivity index (χ3n) is 6.62. The van der Waals surface area contributed by atoms with E-state index < -0.39 is 0 Å². The van der Waals surface area contributed by atoms with Crippen LogP contribution in [-0.4, -0.2) is 70.4 Å². The van der Waals surface area contributed by atoms with Crippen LogP contribution in [0.3, 0.4) is 0 Å². The van der Waals surface area contributed by atoms with Gasteiger partial charge in [0.05, 0.1) is 0 Å². The highest BCUT2D eigenvalue weighted by atomic mass is 127. The van der Waals surface area contributed by atoms with Gasteiger partial charge in [-0.2, -0.15) is 0 Å². The number of guanidine groups is 1. The SMILES string of the molecule is CCN1CCCC1CNC(=NCc1nnc(C)n1C)NC1CCN(c2ccccc2)C1.I. The zero-order chi connectivity index (χ0) is 21.6. The Labute approximate surface area is 208 Å². The second kappa shape index (κ2) is 11.8. The second-order valence-corrected chi connectivity index (χ2v) is 8.60. The number of hydrogen-bond donors (Lipinski definition) is 2. The number of likely N-dealkylation sites (tertiary alicyclic amines) is 1. The van der Waals surface area contributed by atoms with Crippen molar-refractivity contribution in [2.45, 2.75) is 51.7 Å². The van der Waals surface area contributed by atoms with Crippen LogP contribution in [0.25, 0.3) is 0 Å². The van der Waals surface area contributed by atoms with Crippen LogP contribution in [0.4, 0.5) is 5.69 Å². The van der Waals surface area contributed by atoms with E-state index in [0.717, 1.165) is 50.2 Å². The average molecular weight is 553 g/mol. The molecule has 0 bridgehead atoms. The van der Waals surface area contributed by atoms with Crippen LogP contribution in [0.5, 0.6) is 0 Å². The number of nitrogens with one attached hydrogen (secondary N) is 2. The fraction of sp³-hybridized carbons (Fsp3) is 0.609. The highest BCUT2D eigenvalue weighted by Crippen LogP contribution is 2.20. The van der Waals surface area contributed by atoms with E-state index in [1.54, 1.807) is 0 Å². The summed E-state index contributed by atoms with van der Waals surface area (Å²) >= 11 is 0. The summed E-state index contributed by atoms with van der Waals surface area (Å²) in [5, 5.41) is 15.7. The number of halogens is 1. The number of aromatic nitrogens is 3. The Hall–Kier alpha value is -1.88. The summed E-state index contributed by atoms with van der Waals surface area (Å²) < 4.78 is 2.00. The predicted octanol–water partition coefficient (Wildman–Crippen LogP) is 2.54. The molecule has 176 valence electrons. The van der Waals surface area contributed by atoms with Crippen molar-refractivity contribution in [3.63, 3.8) is 0 Å². The zero-order valence-corrected chi connectivity index (χ0v) is 21.8. The number of rotatable bonds is 7. The van der Waals surface area contributed by atoms with E-state index in [0.29, 0.717) is 18.6 Å². The van der Waals surface area contributed by atoms with Crippen molar-refractivity contribution in [3.8, 4) is 0 Å². The summed E-state index contributed by atoms with van der Waals surface area (Å²) in [5.41, 5.74) is 1.29. The molecular formula is C23H37IN8. The Morgan fingerprint density at radius 1 is 1.16 bits per heavy atom. The third kappa shape index (κ3) is 6.12. The molecule has 3 heterocycles. The minimum atomic E-state index is 0. The van der Waals surface area contributed by atoms with E-state index in [-0.39, 0.29) is 24.0 Å². The highest BCUT2D eigenvalue weighted by Gasteiger charge is 2.25. The maximum Gasteiger partial charge on any atom is 0.192 e. The maximum atomic E-state index is 4.88. The van der Waals surface area contributed by atoms with Gasteiger partial charge in [0, 0.05) is 44.5 Å². The predicted molar refractivity (Wildman–Crippen MR) is 141 cm³/mol. The Morgan fingerprint density at radius 2 is 1.97 bits per heavy atom. The van der Waals surface area contributed by atoms with E-state index in [1.807, 2.05) is 18.5 Å². The van der Waals surface area contributed by atoms with Gasteiger partial charge in [-0.15, -0.1) is 34.2 Å². The molecule has 0 aliphatic carbocycles. The first-order valence-electron chi connectivity index (χ1n) is 11.6. The van der Waals surface area contributed by atoms with Gasteiger partial charge in [0.2, 0.25) is 0 Å². The lowest BCUT2D eigenvalue weighted by molar-refractivity contribution is 0.267. The van der Waals surface area contributed by atoms with Crippen molar-refractivity contribution in [2.24, 2.45) is 12.0 Å². The number of para-hydroxylation sites is 1. The molecule has 0 amide bonds. The van der Waals surface area contributed by atoms with E-state index in [2.05, 4.69) is 67.9 Å². The fourth-order valence-corrected chi connectivity index (χ4v) is 4.59. The van der Waals surface area contributed by atoms with Crippen LogP contribution < -0.4 is 15.5 Å². The zero-order valence-electron chi connectivity index (χ0n) is 19.5. The van der Waals surface area contributed by atoms with E-state index in [1.165, 1.54) is 25.1 Å². The van der Waals surface area contributed by atoms with Gasteiger partial charge in [-0.05, 0) is 51.4 Å². The minimum Gasteiger partial charge on any atom is -0.369 e. The molecule has 2 aliphatic heterocycles. The van der Waals surface area contributed by atoms with Crippen molar-refractivity contribution in [2.75, 3.05) is 37.6 Å². The van der Waals surface area contributed by atoms with Crippen LogP contribution >= 0.6 is 24.0 Å². The van der Waals surface area contributed by atoms with Gasteiger partial charge >= 0.3 is 0 Å². The summed E-state index contributed by atoms with van der Waals surface area (Å²) in [4.78, 5) is 9.88. The summed E-state index contributed by atoms with van der Waals surface area (Å²) in [7, 11) is 1.99. The minimum absolute atomic E-state index is 0. The molecule has 32 heavy (non-hydrogen) atoms. The van der Waals surface area contributed by atoms with Gasteiger partial charge in [-0.1, -0.05) is 25.1 Å². The summed E-state index contributed by atoms with van der Waals surface area (Å²) in [5.74, 6) is 2.67. The largest absolute Gasteiger partial charge is 0.369 e. The van der Waals surface area contributed by atoms with Crippen molar-refractivity contribution in [1.29, 1.82) is 0 Å². The first-order chi connectivity index (χ1) is 15.1. The molecule has 0 radical (unpaired) electrons. The maximum absolute atomic E-state index is 4.88. The molecule has 1 aromatic heterocycles. The van der Waals surface area contributed by atoms with Gasteiger partial charge in [0.1, 0.15) is 12.4 Å². The number of aliphatic imine (C=N–C) groups is 1. The van der Waals surface area contributed by atoms with Gasteiger partial charge in [0.15, 0.2) is 11.8 Å². The summed E-state index contributed by atoms with van der Waals surface area (Å²) in [6, 6.07) is 11.6. The molecule has 2 unspecified atom stereocenters. The number of hydrogen-bond acceptors (Lipinski definition) is 5. The van der Waals surface area contributed by atoms with Crippen molar-refractivity contribution in [1.82, 2.24) is 30.3 Å². The molecule has 9 heteroatoms. The Balaban J connectivity index is 0.00000289. The number of benzene rings is 1. The Kier molecular flexibility index (Phi) is 9.15. The van der Waals surface area contributed by atoms with Crippen molar-refractivity contribution in [3.05, 3.63) is 42.0 Å². The Morgan fingerprint density at radius 3 is 2.69 bits per heavy atom. The lowest BCUT2D eigenvalue weighted by atomic mass is 10.2. The van der Waals surface area contributed by atoms with Crippen molar-refractivity contribution < 1.29 is 0 Å². The van der Waals surface area contributed by atoms with E-state index in [4.69, 9.17) is 4.99 Å². The summed E-state index contributed by atoms with van der Waals surface area (Å²) in [6.07, 6.45) is 3.64. The van der Waals surface area contributed by atoms with Crippen LogP contribution in [0.1, 0.15) is 37.8 Å². The molecular weight excluding hydrogens is 515 g/mol. The van der Waals surface area contributed by atoms with Crippen LogP contribution in [0, 0.1) is 6.92 Å². The van der Waals surface area contributed by atoms with Crippen molar-refractivity contribution >= 4 is 35.6 Å². The van der Waals surface area contributed by atoms with Crippen LogP contribution in [-0.2, 0) is 13.6 Å².